The van der Waals surface area contributed by atoms with Gasteiger partial charge >= 0.3 is 6.09 Å². The fourth-order valence-electron chi connectivity index (χ4n) is 5.39. The predicted octanol–water partition coefficient (Wildman–Crippen LogP) is 7.12. The summed E-state index contributed by atoms with van der Waals surface area (Å²) < 4.78 is 5.56. The fraction of sp³-hybridized carbons (Fsp3) is 0.533. The molecule has 2 atom stereocenters. The first-order valence-corrected chi connectivity index (χ1v) is 14.3. The number of ether oxygens (including phenoxy) is 1. The Kier molecular flexibility index (Phi) is 9.15. The van der Waals surface area contributed by atoms with E-state index >= 15 is 0 Å². The van der Waals surface area contributed by atoms with Crippen LogP contribution in [0.15, 0.2) is 42.5 Å². The third-order valence-corrected chi connectivity index (χ3v) is 7.89. The molecule has 0 N–H and O–H groups in total. The number of carbonyl (C=O) groups is 2. The lowest BCUT2D eigenvalue weighted by Gasteiger charge is -2.43. The van der Waals surface area contributed by atoms with Crippen LogP contribution < -0.4 is 4.90 Å². The summed E-state index contributed by atoms with van der Waals surface area (Å²) in [6.07, 6.45) is 2.95. The van der Waals surface area contributed by atoms with Crippen molar-refractivity contribution in [2.45, 2.75) is 65.0 Å². The Bertz CT molecular complexity index is 1130. The van der Waals surface area contributed by atoms with E-state index in [1.807, 2.05) is 62.9 Å². The minimum Gasteiger partial charge on any atom is -0.444 e. The number of piperidine rings is 1. The highest BCUT2D eigenvalue weighted by Crippen LogP contribution is 2.36. The summed E-state index contributed by atoms with van der Waals surface area (Å²) in [7, 11) is 0. The molecule has 206 valence electrons. The monoisotopic (exact) mass is 559 g/mol. The second-order valence-corrected chi connectivity index (χ2v) is 12.4. The van der Waals surface area contributed by atoms with E-state index < -0.39 is 5.60 Å². The van der Waals surface area contributed by atoms with Crippen LogP contribution in [0.5, 0.6) is 0 Å². The number of amides is 2. The van der Waals surface area contributed by atoms with Crippen molar-refractivity contribution in [3.8, 4) is 0 Å². The summed E-state index contributed by atoms with van der Waals surface area (Å²) in [5.41, 5.74) is 2.69. The number of nitrogens with zero attached hydrogens (tertiary/aromatic N) is 3. The third kappa shape index (κ3) is 7.35. The van der Waals surface area contributed by atoms with Crippen molar-refractivity contribution in [3.05, 3.63) is 63.6 Å². The average molecular weight is 561 g/mol. The molecule has 2 aliphatic heterocycles. The first kappa shape index (κ1) is 28.6. The quantitative estimate of drug-likeness (QED) is 0.391. The highest BCUT2D eigenvalue weighted by atomic mass is 35.5. The summed E-state index contributed by atoms with van der Waals surface area (Å²) in [5.74, 6) is 0.466. The topological polar surface area (TPSA) is 53.1 Å². The standard InChI is InChI=1S/C30H39Cl2N3O3/c1-21-7-13-26(25(32)18-21)35-17-16-33(20-27(35)23-9-11-24(31)12-10-23)28(36)14-8-22-6-5-15-34(19-22)29(37)38-30(2,3)4/h7,9-13,18,22,27H,5-6,8,14-17,19-20H2,1-4H3/t22?,27-/m0/s1. The zero-order valence-corrected chi connectivity index (χ0v) is 24.4. The van der Waals surface area contributed by atoms with Crippen LogP contribution in [0, 0.1) is 12.8 Å². The summed E-state index contributed by atoms with van der Waals surface area (Å²) >= 11 is 12.8. The molecule has 2 fully saturated rings. The van der Waals surface area contributed by atoms with Gasteiger partial charge in [-0.3, -0.25) is 4.79 Å². The molecule has 2 aliphatic rings. The van der Waals surface area contributed by atoms with E-state index in [1.54, 1.807) is 4.90 Å². The molecule has 0 spiro atoms. The Balaban J connectivity index is 1.41. The molecular formula is C30H39Cl2N3O3. The lowest BCUT2D eigenvalue weighted by atomic mass is 9.93. The van der Waals surface area contributed by atoms with Gasteiger partial charge in [0.1, 0.15) is 5.60 Å². The van der Waals surface area contributed by atoms with Gasteiger partial charge in [0.25, 0.3) is 0 Å². The molecular weight excluding hydrogens is 521 g/mol. The minimum atomic E-state index is -0.508. The Hall–Kier alpha value is -2.44. The van der Waals surface area contributed by atoms with Crippen molar-refractivity contribution in [1.82, 2.24) is 9.80 Å². The minimum absolute atomic E-state index is 0.0255. The van der Waals surface area contributed by atoms with Crippen LogP contribution in [0.25, 0.3) is 0 Å². The van der Waals surface area contributed by atoms with Gasteiger partial charge in [-0.05, 0) is 88.3 Å². The van der Waals surface area contributed by atoms with Crippen LogP contribution in [0.1, 0.15) is 63.6 Å². The fourth-order valence-corrected chi connectivity index (χ4v) is 5.86. The molecule has 1 unspecified atom stereocenters. The van der Waals surface area contributed by atoms with Crippen LogP contribution >= 0.6 is 23.2 Å². The molecule has 0 aromatic heterocycles. The molecule has 8 heteroatoms. The van der Waals surface area contributed by atoms with E-state index in [0.29, 0.717) is 50.1 Å². The molecule has 0 radical (unpaired) electrons. The highest BCUT2D eigenvalue weighted by molar-refractivity contribution is 6.33. The average Bonchev–Trinajstić information content (AvgIpc) is 2.87. The van der Waals surface area contributed by atoms with E-state index in [0.717, 1.165) is 41.1 Å². The zero-order valence-electron chi connectivity index (χ0n) is 22.9. The van der Waals surface area contributed by atoms with Crippen molar-refractivity contribution in [2.24, 2.45) is 5.92 Å². The Morgan fingerprint density at radius 3 is 2.39 bits per heavy atom. The van der Waals surface area contributed by atoms with Gasteiger partial charge in [-0.1, -0.05) is 41.4 Å². The van der Waals surface area contributed by atoms with Crippen molar-refractivity contribution >= 4 is 40.9 Å². The van der Waals surface area contributed by atoms with Gasteiger partial charge in [0, 0.05) is 44.2 Å². The van der Waals surface area contributed by atoms with Gasteiger partial charge in [-0.25, -0.2) is 4.79 Å². The van der Waals surface area contributed by atoms with Crippen molar-refractivity contribution in [3.63, 3.8) is 0 Å². The highest BCUT2D eigenvalue weighted by Gasteiger charge is 2.33. The van der Waals surface area contributed by atoms with Gasteiger partial charge in [0.05, 0.1) is 16.8 Å². The molecule has 0 aliphatic carbocycles. The number of benzene rings is 2. The lowest BCUT2D eigenvalue weighted by molar-refractivity contribution is -0.132. The molecule has 2 aromatic carbocycles. The van der Waals surface area contributed by atoms with Gasteiger partial charge < -0.3 is 19.4 Å². The third-order valence-electron chi connectivity index (χ3n) is 7.34. The molecule has 2 amide bonds. The molecule has 2 aromatic rings. The zero-order chi connectivity index (χ0) is 27.4. The summed E-state index contributed by atoms with van der Waals surface area (Å²) in [5, 5.41) is 1.40. The maximum atomic E-state index is 13.4. The Labute approximate surface area is 236 Å². The van der Waals surface area contributed by atoms with Crippen LogP contribution in [-0.2, 0) is 9.53 Å². The Morgan fingerprint density at radius 1 is 0.974 bits per heavy atom. The number of hydrogen-bond donors (Lipinski definition) is 0. The molecule has 38 heavy (non-hydrogen) atoms. The molecule has 0 saturated carbocycles. The van der Waals surface area contributed by atoms with E-state index in [1.165, 1.54) is 0 Å². The maximum absolute atomic E-state index is 13.4. The van der Waals surface area contributed by atoms with Crippen molar-refractivity contribution < 1.29 is 14.3 Å². The Morgan fingerprint density at radius 2 is 1.71 bits per heavy atom. The van der Waals surface area contributed by atoms with Crippen LogP contribution in [-0.4, -0.2) is 60.1 Å². The number of hydrogen-bond acceptors (Lipinski definition) is 4. The number of anilines is 1. The summed E-state index contributed by atoms with van der Waals surface area (Å²) in [6.45, 7) is 11.0. The number of piperazine rings is 1. The number of aryl methyl sites for hydroxylation is 1. The molecule has 2 heterocycles. The second-order valence-electron chi connectivity index (χ2n) is 11.5. The van der Waals surface area contributed by atoms with Gasteiger partial charge in [-0.15, -0.1) is 0 Å². The first-order valence-electron chi connectivity index (χ1n) is 13.5. The van der Waals surface area contributed by atoms with Gasteiger partial charge in [0.2, 0.25) is 5.91 Å². The summed E-state index contributed by atoms with van der Waals surface area (Å²) in [4.78, 5) is 32.0. The molecule has 4 rings (SSSR count). The van der Waals surface area contributed by atoms with Crippen LogP contribution in [0.4, 0.5) is 10.5 Å². The van der Waals surface area contributed by atoms with Gasteiger partial charge in [0.15, 0.2) is 0 Å². The number of carbonyl (C=O) groups excluding carboxylic acids is 2. The van der Waals surface area contributed by atoms with Crippen molar-refractivity contribution in [1.29, 1.82) is 0 Å². The summed E-state index contributed by atoms with van der Waals surface area (Å²) in [6, 6.07) is 13.9. The smallest absolute Gasteiger partial charge is 0.410 e. The molecule has 0 bridgehead atoms. The lowest BCUT2D eigenvalue weighted by Crippen LogP contribution is -2.51. The number of rotatable bonds is 5. The molecule has 2 saturated heterocycles. The largest absolute Gasteiger partial charge is 0.444 e. The van der Waals surface area contributed by atoms with Gasteiger partial charge in [-0.2, -0.15) is 0 Å². The van der Waals surface area contributed by atoms with Crippen LogP contribution in [0.3, 0.4) is 0 Å². The van der Waals surface area contributed by atoms with E-state index in [4.69, 9.17) is 27.9 Å². The van der Waals surface area contributed by atoms with E-state index in [9.17, 15) is 9.59 Å². The first-order chi connectivity index (χ1) is 18.0. The number of likely N-dealkylation sites (tertiary alicyclic amines) is 1. The second kappa shape index (κ2) is 12.2. The maximum Gasteiger partial charge on any atom is 0.410 e. The van der Waals surface area contributed by atoms with Crippen LogP contribution in [0.2, 0.25) is 10.0 Å². The normalized spacial score (nSPS) is 20.4. The molecule has 6 nitrogen and oxygen atoms in total. The SMILES string of the molecule is Cc1ccc(N2CCN(C(=O)CCC3CCCN(C(=O)OC(C)(C)C)C3)C[C@H]2c2ccc(Cl)cc2)c(Cl)c1. The predicted molar refractivity (Wildman–Crippen MR) is 154 cm³/mol. The number of halogens is 2. The van der Waals surface area contributed by atoms with E-state index in [-0.39, 0.29) is 18.0 Å². The van der Waals surface area contributed by atoms with Crippen molar-refractivity contribution in [2.75, 3.05) is 37.6 Å². The van der Waals surface area contributed by atoms with E-state index in [2.05, 4.69) is 17.0 Å².